The number of carbonyl (C=O) groups excluding carboxylic acids is 1. The van der Waals surface area contributed by atoms with Gasteiger partial charge in [-0.3, -0.25) is 4.79 Å². The molecule has 0 aliphatic carbocycles. The van der Waals surface area contributed by atoms with Crippen molar-refractivity contribution in [1.29, 1.82) is 0 Å². The van der Waals surface area contributed by atoms with E-state index in [2.05, 4.69) is 10.3 Å². The van der Waals surface area contributed by atoms with Gasteiger partial charge in [0.2, 0.25) is 11.8 Å². The molecule has 1 atom stereocenters. The van der Waals surface area contributed by atoms with E-state index in [1.54, 1.807) is 12.1 Å². The molecule has 0 spiro atoms. The number of pyridine rings is 1. The van der Waals surface area contributed by atoms with Gasteiger partial charge in [0.15, 0.2) is 6.61 Å². The first-order valence-corrected chi connectivity index (χ1v) is 6.42. The zero-order valence-corrected chi connectivity index (χ0v) is 11.3. The van der Waals surface area contributed by atoms with Crippen LogP contribution < -0.4 is 15.8 Å². The molecular weight excluding hydrogens is 268 g/mol. The van der Waals surface area contributed by atoms with E-state index in [0.717, 1.165) is 6.42 Å². The second-order valence-corrected chi connectivity index (χ2v) is 4.28. The molecule has 0 saturated carbocycles. The molecule has 1 aromatic rings. The molecule has 1 aromatic heterocycles. The number of nitrogens with one attached hydrogen (secondary N) is 1. The van der Waals surface area contributed by atoms with Crippen LogP contribution in [0.5, 0.6) is 5.88 Å². The molecule has 0 radical (unpaired) electrons. The Morgan fingerprint density at radius 1 is 1.55 bits per heavy atom. The first-order chi connectivity index (χ1) is 9.54. The molecule has 1 rings (SSSR count). The highest BCUT2D eigenvalue weighted by Crippen LogP contribution is 2.14. The number of nitrogens with two attached hydrogens (primary N) is 1. The molecule has 0 aliphatic rings. The Balaban J connectivity index is 2.56. The highest BCUT2D eigenvalue weighted by atomic mass is 19.3. The van der Waals surface area contributed by atoms with E-state index in [4.69, 9.17) is 10.5 Å². The molecule has 7 heteroatoms. The average molecular weight is 287 g/mol. The van der Waals surface area contributed by atoms with Crippen LogP contribution in [-0.2, 0) is 11.3 Å². The molecular formula is C13H19F2N3O2. The topological polar surface area (TPSA) is 77.2 Å². The summed E-state index contributed by atoms with van der Waals surface area (Å²) in [5.74, 6) is -0.187. The fourth-order valence-electron chi connectivity index (χ4n) is 1.59. The highest BCUT2D eigenvalue weighted by molar-refractivity contribution is 5.81. The van der Waals surface area contributed by atoms with Crippen LogP contribution in [-0.4, -0.2) is 30.0 Å². The molecule has 0 aliphatic heterocycles. The Hall–Kier alpha value is -1.76. The average Bonchev–Trinajstić information content (AvgIpc) is 2.43. The summed E-state index contributed by atoms with van der Waals surface area (Å²) in [6.07, 6.45) is 0.268. The first-order valence-electron chi connectivity index (χ1n) is 6.42. The zero-order valence-electron chi connectivity index (χ0n) is 11.3. The van der Waals surface area contributed by atoms with Gasteiger partial charge in [-0.2, -0.15) is 0 Å². The van der Waals surface area contributed by atoms with Gasteiger partial charge in [0.25, 0.3) is 6.43 Å². The monoisotopic (exact) mass is 287 g/mol. The van der Waals surface area contributed by atoms with Gasteiger partial charge in [0, 0.05) is 18.3 Å². The lowest BCUT2D eigenvalue weighted by atomic mass is 10.1. The maximum atomic E-state index is 12.1. The minimum absolute atomic E-state index is 0.0946. The lowest BCUT2D eigenvalue weighted by molar-refractivity contribution is -0.122. The number of aromatic nitrogens is 1. The fourth-order valence-corrected chi connectivity index (χ4v) is 1.59. The third kappa shape index (κ3) is 5.48. The molecule has 20 heavy (non-hydrogen) atoms. The second-order valence-electron chi connectivity index (χ2n) is 4.28. The van der Waals surface area contributed by atoms with Crippen LogP contribution in [0, 0.1) is 0 Å². The lowest BCUT2D eigenvalue weighted by Crippen LogP contribution is -2.40. The summed E-state index contributed by atoms with van der Waals surface area (Å²) in [5, 5.41) is 2.64. The second kappa shape index (κ2) is 8.42. The third-order valence-corrected chi connectivity index (χ3v) is 2.59. The molecule has 1 heterocycles. The maximum Gasteiger partial charge on any atom is 0.272 e. The normalized spacial score (nSPS) is 12.2. The summed E-state index contributed by atoms with van der Waals surface area (Å²) >= 11 is 0. The zero-order chi connectivity index (χ0) is 15.0. The summed E-state index contributed by atoms with van der Waals surface area (Å²) in [4.78, 5) is 15.5. The molecule has 0 fully saturated rings. The predicted molar refractivity (Wildman–Crippen MR) is 70.5 cm³/mol. The van der Waals surface area contributed by atoms with Crippen molar-refractivity contribution in [2.45, 2.75) is 38.8 Å². The number of hydrogen-bond acceptors (Lipinski definition) is 4. The molecule has 1 unspecified atom stereocenters. The highest BCUT2D eigenvalue weighted by Gasteiger charge is 2.14. The van der Waals surface area contributed by atoms with E-state index in [1.165, 1.54) is 6.20 Å². The van der Waals surface area contributed by atoms with Crippen molar-refractivity contribution in [3.8, 4) is 5.88 Å². The Kier molecular flexibility index (Phi) is 6.86. The molecule has 0 saturated heterocycles. The van der Waals surface area contributed by atoms with Gasteiger partial charge in [-0.1, -0.05) is 19.4 Å². The van der Waals surface area contributed by atoms with E-state index >= 15 is 0 Å². The largest absolute Gasteiger partial charge is 0.471 e. The summed E-state index contributed by atoms with van der Waals surface area (Å²) in [7, 11) is 0. The molecule has 0 bridgehead atoms. The minimum atomic E-state index is -2.57. The predicted octanol–water partition coefficient (Wildman–Crippen LogP) is 1.47. The van der Waals surface area contributed by atoms with Crippen molar-refractivity contribution >= 4 is 5.91 Å². The fraction of sp³-hybridized carbons (Fsp3) is 0.538. The number of nitrogens with zero attached hydrogens (tertiary/aromatic N) is 1. The number of carbonyl (C=O) groups is 1. The third-order valence-electron chi connectivity index (χ3n) is 2.59. The van der Waals surface area contributed by atoms with E-state index < -0.39 is 19.1 Å². The summed E-state index contributed by atoms with van der Waals surface area (Å²) < 4.78 is 29.1. The number of amides is 1. The number of alkyl halides is 2. The van der Waals surface area contributed by atoms with Gasteiger partial charge in [0.05, 0.1) is 6.04 Å². The van der Waals surface area contributed by atoms with Crippen LogP contribution in [0.25, 0.3) is 0 Å². The van der Waals surface area contributed by atoms with Gasteiger partial charge in [-0.05, 0) is 12.5 Å². The Labute approximate surface area is 116 Å². The quantitative estimate of drug-likeness (QED) is 0.759. The van der Waals surface area contributed by atoms with Gasteiger partial charge in [-0.25, -0.2) is 13.8 Å². The smallest absolute Gasteiger partial charge is 0.272 e. The van der Waals surface area contributed by atoms with Crippen LogP contribution in [0.3, 0.4) is 0 Å². The minimum Gasteiger partial charge on any atom is -0.471 e. The molecule has 5 nitrogen and oxygen atoms in total. The van der Waals surface area contributed by atoms with Crippen molar-refractivity contribution in [1.82, 2.24) is 10.3 Å². The Morgan fingerprint density at radius 3 is 2.95 bits per heavy atom. The van der Waals surface area contributed by atoms with E-state index in [0.29, 0.717) is 12.0 Å². The Bertz CT molecular complexity index is 430. The van der Waals surface area contributed by atoms with Gasteiger partial charge >= 0.3 is 0 Å². The SMILES string of the molecule is CCCC(N)C(=O)NCc1cccnc1OCC(F)F. The Morgan fingerprint density at radius 2 is 2.30 bits per heavy atom. The number of rotatable bonds is 8. The number of halogens is 2. The van der Waals surface area contributed by atoms with Crippen LogP contribution >= 0.6 is 0 Å². The van der Waals surface area contributed by atoms with Crippen LogP contribution in [0.1, 0.15) is 25.3 Å². The molecule has 1 amide bonds. The lowest BCUT2D eigenvalue weighted by Gasteiger charge is -2.13. The van der Waals surface area contributed by atoms with Crippen molar-refractivity contribution in [3.63, 3.8) is 0 Å². The van der Waals surface area contributed by atoms with E-state index in [9.17, 15) is 13.6 Å². The maximum absolute atomic E-state index is 12.1. The number of ether oxygens (including phenoxy) is 1. The standard InChI is InChI=1S/C13H19F2N3O2/c1-2-4-10(16)12(19)18-7-9-5-3-6-17-13(9)20-8-11(14)15/h3,5-6,10-11H,2,4,7-8,16H2,1H3,(H,18,19). The van der Waals surface area contributed by atoms with Crippen molar-refractivity contribution in [3.05, 3.63) is 23.9 Å². The molecule has 112 valence electrons. The van der Waals surface area contributed by atoms with E-state index in [-0.39, 0.29) is 18.3 Å². The van der Waals surface area contributed by atoms with Crippen LogP contribution in [0.2, 0.25) is 0 Å². The summed E-state index contributed by atoms with van der Waals surface area (Å²) in [6.45, 7) is 1.35. The van der Waals surface area contributed by atoms with Crippen molar-refractivity contribution < 1.29 is 18.3 Å². The molecule has 3 N–H and O–H groups in total. The summed E-state index contributed by atoms with van der Waals surface area (Å²) in [6, 6.07) is 2.73. The summed E-state index contributed by atoms with van der Waals surface area (Å²) in [5.41, 5.74) is 6.20. The van der Waals surface area contributed by atoms with Crippen LogP contribution in [0.4, 0.5) is 8.78 Å². The first kappa shape index (κ1) is 16.3. The number of hydrogen-bond donors (Lipinski definition) is 2. The van der Waals surface area contributed by atoms with Crippen LogP contribution in [0.15, 0.2) is 18.3 Å². The van der Waals surface area contributed by atoms with E-state index in [1.807, 2.05) is 6.92 Å². The molecule has 0 aromatic carbocycles. The van der Waals surface area contributed by atoms with Gasteiger partial charge in [-0.15, -0.1) is 0 Å². The van der Waals surface area contributed by atoms with Crippen molar-refractivity contribution in [2.24, 2.45) is 5.73 Å². The van der Waals surface area contributed by atoms with Gasteiger partial charge in [0.1, 0.15) is 0 Å². The van der Waals surface area contributed by atoms with Crippen molar-refractivity contribution in [2.75, 3.05) is 6.61 Å². The van der Waals surface area contributed by atoms with Gasteiger partial charge < -0.3 is 15.8 Å².